The number of thioether (sulfide) groups is 1. The van der Waals surface area contributed by atoms with E-state index in [0.29, 0.717) is 6.04 Å². The highest BCUT2D eigenvalue weighted by Crippen LogP contribution is 2.31. The number of hydrogen-bond donors (Lipinski definition) is 1. The smallest absolute Gasteiger partial charge is 0.0409 e. The second-order valence-electron chi connectivity index (χ2n) is 4.99. The average Bonchev–Trinajstić information content (AvgIpc) is 2.85. The summed E-state index contributed by atoms with van der Waals surface area (Å²) in [5.74, 6) is 1.20. The Balaban J connectivity index is 1.89. The van der Waals surface area contributed by atoms with Gasteiger partial charge in [-0.05, 0) is 32.4 Å². The van der Waals surface area contributed by atoms with E-state index < -0.39 is 0 Å². The molecule has 1 N–H and O–H groups in total. The second kappa shape index (κ2) is 6.46. The highest BCUT2D eigenvalue weighted by molar-refractivity contribution is 7.99. The minimum absolute atomic E-state index is 0.501. The molecule has 2 rings (SSSR count). The Morgan fingerprint density at radius 2 is 1.88 bits per heavy atom. The average molecular weight is 249 g/mol. The molecule has 1 atom stereocenters. The van der Waals surface area contributed by atoms with E-state index in [0.717, 1.165) is 5.25 Å². The first-order valence-electron chi connectivity index (χ1n) is 6.65. The molecule has 1 saturated carbocycles. The minimum atomic E-state index is 0.501. The first-order chi connectivity index (χ1) is 8.29. The van der Waals surface area contributed by atoms with E-state index in [1.54, 1.807) is 0 Å². The lowest BCUT2D eigenvalue weighted by Gasteiger charge is -2.18. The quantitative estimate of drug-likeness (QED) is 0.848. The van der Waals surface area contributed by atoms with E-state index in [9.17, 15) is 0 Å². The second-order valence-corrected chi connectivity index (χ2v) is 6.33. The lowest BCUT2D eigenvalue weighted by atomic mass is 10.1. The Bertz CT molecular complexity index is 327. The van der Waals surface area contributed by atoms with Crippen LogP contribution in [0.4, 0.5) is 0 Å². The fourth-order valence-electron chi connectivity index (χ4n) is 2.43. The van der Waals surface area contributed by atoms with Crippen molar-refractivity contribution in [2.45, 2.75) is 43.9 Å². The fraction of sp³-hybridized carbons (Fsp3) is 0.600. The maximum absolute atomic E-state index is 3.44. The van der Waals surface area contributed by atoms with Gasteiger partial charge in [0.25, 0.3) is 0 Å². The number of aryl methyl sites for hydroxylation is 1. The van der Waals surface area contributed by atoms with E-state index in [-0.39, 0.29) is 0 Å². The van der Waals surface area contributed by atoms with Crippen LogP contribution in [0.2, 0.25) is 0 Å². The van der Waals surface area contributed by atoms with Gasteiger partial charge in [0.1, 0.15) is 0 Å². The Morgan fingerprint density at radius 3 is 2.47 bits per heavy atom. The first-order valence-corrected chi connectivity index (χ1v) is 7.70. The molecule has 17 heavy (non-hydrogen) atoms. The molecule has 1 unspecified atom stereocenters. The zero-order valence-corrected chi connectivity index (χ0v) is 11.7. The lowest BCUT2D eigenvalue weighted by Crippen LogP contribution is -2.19. The summed E-state index contributed by atoms with van der Waals surface area (Å²) >= 11 is 2.15. The van der Waals surface area contributed by atoms with Crippen molar-refractivity contribution in [1.82, 2.24) is 5.32 Å². The summed E-state index contributed by atoms with van der Waals surface area (Å²) in [5.41, 5.74) is 2.76. The summed E-state index contributed by atoms with van der Waals surface area (Å²) in [6.45, 7) is 2.14. The predicted molar refractivity (Wildman–Crippen MR) is 77.7 cm³/mol. The van der Waals surface area contributed by atoms with Crippen molar-refractivity contribution < 1.29 is 0 Å². The molecular formula is C15H23NS. The van der Waals surface area contributed by atoms with Crippen molar-refractivity contribution in [2.24, 2.45) is 0 Å². The van der Waals surface area contributed by atoms with Crippen LogP contribution in [0.25, 0.3) is 0 Å². The molecule has 1 aliphatic rings. The molecule has 0 saturated heterocycles. The Kier molecular flexibility index (Phi) is 4.93. The molecule has 94 valence electrons. The zero-order chi connectivity index (χ0) is 12.1. The monoisotopic (exact) mass is 249 g/mol. The molecule has 0 radical (unpaired) electrons. The molecule has 2 heteroatoms. The van der Waals surface area contributed by atoms with Crippen LogP contribution in [0.1, 0.15) is 42.9 Å². The minimum Gasteiger partial charge on any atom is -0.312 e. The van der Waals surface area contributed by atoms with Crippen LogP contribution in [0, 0.1) is 6.92 Å². The standard InChI is InChI=1S/C15H23NS/c1-12-7-9-13(10-8-12)15(16-2)11-17-14-5-3-4-6-14/h7-10,14-16H,3-6,11H2,1-2H3. The maximum atomic E-state index is 3.44. The highest BCUT2D eigenvalue weighted by atomic mass is 32.2. The van der Waals surface area contributed by atoms with E-state index in [1.165, 1.54) is 42.6 Å². The van der Waals surface area contributed by atoms with Crippen LogP contribution in [0.15, 0.2) is 24.3 Å². The predicted octanol–water partition coefficient (Wildman–Crippen LogP) is 3.93. The van der Waals surface area contributed by atoms with Gasteiger partial charge in [0.05, 0.1) is 0 Å². The van der Waals surface area contributed by atoms with Crippen molar-refractivity contribution in [2.75, 3.05) is 12.8 Å². The number of hydrogen-bond acceptors (Lipinski definition) is 2. The van der Waals surface area contributed by atoms with Gasteiger partial charge >= 0.3 is 0 Å². The summed E-state index contributed by atoms with van der Waals surface area (Å²) in [6, 6.07) is 9.43. The Labute approximate surface area is 109 Å². The van der Waals surface area contributed by atoms with E-state index in [2.05, 4.69) is 55.3 Å². The highest BCUT2D eigenvalue weighted by Gasteiger charge is 2.17. The van der Waals surface area contributed by atoms with Gasteiger partial charge in [0.15, 0.2) is 0 Å². The zero-order valence-electron chi connectivity index (χ0n) is 10.9. The number of nitrogens with one attached hydrogen (secondary N) is 1. The summed E-state index contributed by atoms with van der Waals surface area (Å²) in [6.07, 6.45) is 5.73. The van der Waals surface area contributed by atoms with Crippen molar-refractivity contribution in [3.05, 3.63) is 35.4 Å². The van der Waals surface area contributed by atoms with Gasteiger partial charge in [-0.2, -0.15) is 11.8 Å². The van der Waals surface area contributed by atoms with Crippen molar-refractivity contribution in [3.63, 3.8) is 0 Å². The molecule has 1 fully saturated rings. The van der Waals surface area contributed by atoms with Crippen LogP contribution in [-0.2, 0) is 0 Å². The van der Waals surface area contributed by atoms with Crippen LogP contribution < -0.4 is 5.32 Å². The molecule has 1 aliphatic carbocycles. The van der Waals surface area contributed by atoms with Gasteiger partial charge in [0.2, 0.25) is 0 Å². The molecule has 0 aromatic heterocycles. The largest absolute Gasteiger partial charge is 0.312 e. The van der Waals surface area contributed by atoms with Crippen molar-refractivity contribution in [1.29, 1.82) is 0 Å². The van der Waals surface area contributed by atoms with E-state index in [4.69, 9.17) is 0 Å². The van der Waals surface area contributed by atoms with Gasteiger partial charge in [-0.15, -0.1) is 0 Å². The third-order valence-corrected chi connectivity index (χ3v) is 5.10. The van der Waals surface area contributed by atoms with Crippen molar-refractivity contribution >= 4 is 11.8 Å². The third-order valence-electron chi connectivity index (χ3n) is 3.63. The van der Waals surface area contributed by atoms with Gasteiger partial charge in [0, 0.05) is 17.0 Å². The topological polar surface area (TPSA) is 12.0 Å². The van der Waals surface area contributed by atoms with Crippen LogP contribution in [-0.4, -0.2) is 18.1 Å². The van der Waals surface area contributed by atoms with Gasteiger partial charge in [-0.3, -0.25) is 0 Å². The molecule has 0 bridgehead atoms. The van der Waals surface area contributed by atoms with Crippen LogP contribution in [0.3, 0.4) is 0 Å². The fourth-order valence-corrected chi connectivity index (χ4v) is 3.92. The molecule has 0 aliphatic heterocycles. The van der Waals surface area contributed by atoms with Gasteiger partial charge in [-0.25, -0.2) is 0 Å². The summed E-state index contributed by atoms with van der Waals surface area (Å²) in [7, 11) is 2.07. The van der Waals surface area contributed by atoms with Crippen LogP contribution >= 0.6 is 11.8 Å². The SMILES string of the molecule is CNC(CSC1CCCC1)c1ccc(C)cc1. The lowest BCUT2D eigenvalue weighted by molar-refractivity contribution is 0.660. The first kappa shape index (κ1) is 13.0. The molecule has 1 aromatic carbocycles. The van der Waals surface area contributed by atoms with E-state index in [1.807, 2.05) is 0 Å². The normalized spacial score (nSPS) is 18.5. The number of benzene rings is 1. The number of rotatable bonds is 5. The van der Waals surface area contributed by atoms with Crippen molar-refractivity contribution in [3.8, 4) is 0 Å². The van der Waals surface area contributed by atoms with Gasteiger partial charge < -0.3 is 5.32 Å². The van der Waals surface area contributed by atoms with Gasteiger partial charge in [-0.1, -0.05) is 42.7 Å². The van der Waals surface area contributed by atoms with E-state index >= 15 is 0 Å². The molecule has 1 nitrogen and oxygen atoms in total. The Hall–Kier alpha value is -0.470. The summed E-state index contributed by atoms with van der Waals surface area (Å²) in [5, 5.41) is 4.35. The molecule has 1 aromatic rings. The maximum Gasteiger partial charge on any atom is 0.0409 e. The third kappa shape index (κ3) is 3.75. The molecule has 0 amide bonds. The molecule has 0 spiro atoms. The summed E-state index contributed by atoms with van der Waals surface area (Å²) in [4.78, 5) is 0. The molecule has 0 heterocycles. The molecular weight excluding hydrogens is 226 g/mol. The van der Waals surface area contributed by atoms with Crippen LogP contribution in [0.5, 0.6) is 0 Å². The Morgan fingerprint density at radius 1 is 1.24 bits per heavy atom. The summed E-state index contributed by atoms with van der Waals surface area (Å²) < 4.78 is 0.